The number of carbonyl (C=O) groups is 1. The number of aromatic carboxylic acids is 1. The second-order valence-electron chi connectivity index (χ2n) is 5.80. The monoisotopic (exact) mass is 412 g/mol. The van der Waals surface area contributed by atoms with Crippen LogP contribution in [-0.2, 0) is 0 Å². The Balaban J connectivity index is 2.06. The molecule has 0 saturated carbocycles. The number of rotatable bonds is 4. The minimum atomic E-state index is -0.924. The normalized spacial score (nSPS) is 10.4. The van der Waals surface area contributed by atoms with Crippen molar-refractivity contribution in [1.29, 1.82) is 5.26 Å². The molecule has 2 aromatic carbocycles. The Morgan fingerprint density at radius 2 is 1.92 bits per heavy atom. The van der Waals surface area contributed by atoms with Crippen molar-refractivity contribution in [3.8, 4) is 33.1 Å². The van der Waals surface area contributed by atoms with Crippen molar-refractivity contribution in [2.75, 3.05) is 7.11 Å². The Morgan fingerprint density at radius 1 is 1.19 bits per heavy atom. The predicted octanol–water partition coefficient (Wildman–Crippen LogP) is 3.67. The van der Waals surface area contributed by atoms with Crippen LogP contribution in [0.3, 0.4) is 0 Å². The molecule has 1 N–H and O–H groups in total. The van der Waals surface area contributed by atoms with Crippen LogP contribution in [0, 0.1) is 25.2 Å². The van der Waals surface area contributed by atoms with Gasteiger partial charge in [0, 0.05) is 0 Å². The molecular weight excluding hydrogens is 395 g/mol. The van der Waals surface area contributed by atoms with Gasteiger partial charge < -0.3 is 0 Å². The van der Waals surface area contributed by atoms with Gasteiger partial charge in [0.15, 0.2) is 0 Å². The molecule has 0 fully saturated rings. The topological polar surface area (TPSA) is 83.2 Å². The third-order valence-electron chi connectivity index (χ3n) is 4.08. The van der Waals surface area contributed by atoms with Crippen LogP contribution in [0.15, 0.2) is 36.4 Å². The number of carboxylic acid groups (broad SMARTS) is 1. The van der Waals surface area contributed by atoms with E-state index < -0.39 is 5.97 Å². The van der Waals surface area contributed by atoms with E-state index >= 15 is 0 Å². The van der Waals surface area contributed by atoms with Gasteiger partial charge in [-0.1, -0.05) is 0 Å². The molecule has 1 heterocycles. The van der Waals surface area contributed by atoms with Crippen LogP contribution in [0.5, 0.6) is 5.75 Å². The van der Waals surface area contributed by atoms with E-state index in [9.17, 15) is 15.2 Å². The molecule has 0 spiro atoms. The Labute approximate surface area is 157 Å². The summed E-state index contributed by atoms with van der Waals surface area (Å²) in [5.41, 5.74) is 4.63. The molecule has 0 saturated heterocycles. The molecule has 3 aromatic rings. The second-order valence-corrected chi connectivity index (χ2v) is 7.89. The van der Waals surface area contributed by atoms with Gasteiger partial charge >= 0.3 is 157 Å². The van der Waals surface area contributed by atoms with Crippen molar-refractivity contribution in [3.05, 3.63) is 57.7 Å². The van der Waals surface area contributed by atoms with Crippen LogP contribution in [0.25, 0.3) is 21.3 Å². The maximum atomic E-state index is 11.3. The van der Waals surface area contributed by atoms with Crippen LogP contribution in [0.4, 0.5) is 0 Å². The Morgan fingerprint density at radius 3 is 2.50 bits per heavy atom. The van der Waals surface area contributed by atoms with Crippen molar-refractivity contribution in [3.63, 3.8) is 0 Å². The third kappa shape index (κ3) is 3.27. The average Bonchev–Trinajstić information content (AvgIpc) is 3.03. The number of methoxy groups -OCH3 is 1. The number of ether oxygens (including phenoxy) is 1. The predicted molar refractivity (Wildman–Crippen MR) is 99.7 cm³/mol. The summed E-state index contributed by atoms with van der Waals surface area (Å²) in [4.78, 5) is 15.7. The summed E-state index contributed by atoms with van der Waals surface area (Å²) < 4.78 is 6.39. The minimum absolute atomic E-state index is 0.360. The van der Waals surface area contributed by atoms with Crippen molar-refractivity contribution in [1.82, 2.24) is 4.98 Å². The van der Waals surface area contributed by atoms with Gasteiger partial charge in [-0.15, -0.1) is 0 Å². The van der Waals surface area contributed by atoms with Crippen LogP contribution in [0.1, 0.15) is 26.1 Å². The van der Waals surface area contributed by atoms with Crippen molar-refractivity contribution < 1.29 is 14.6 Å². The standard InChI is InChI=1S/C20H16N2O3Se/c1-11-8-13(5-7-17(11)25-3)16-6-4-14(9-15(16)10-21)19-22-12(2)18(26-19)20(23)24/h4-9H,1-3H3,(H,23,24). The first-order valence-electron chi connectivity index (χ1n) is 7.85. The molecule has 0 amide bonds. The summed E-state index contributed by atoms with van der Waals surface area (Å²) in [5, 5.41) is 18.8. The molecule has 6 heteroatoms. The molecule has 0 radical (unpaired) electrons. The fourth-order valence-corrected chi connectivity index (χ4v) is 4.68. The van der Waals surface area contributed by atoms with Gasteiger partial charge in [0.05, 0.1) is 0 Å². The number of nitriles is 1. The molecule has 0 atom stereocenters. The molecule has 0 unspecified atom stereocenters. The van der Waals surface area contributed by atoms with Crippen molar-refractivity contribution >= 4 is 20.5 Å². The Bertz CT molecular complexity index is 1050. The Hall–Kier alpha value is -2.87. The van der Waals surface area contributed by atoms with Gasteiger partial charge in [0.2, 0.25) is 0 Å². The van der Waals surface area contributed by atoms with Gasteiger partial charge in [-0.05, 0) is 0 Å². The van der Waals surface area contributed by atoms with E-state index in [1.807, 2.05) is 37.3 Å². The van der Waals surface area contributed by atoms with Gasteiger partial charge in [0.25, 0.3) is 0 Å². The van der Waals surface area contributed by atoms with E-state index in [0.29, 0.717) is 15.7 Å². The van der Waals surface area contributed by atoms with Gasteiger partial charge in [-0.25, -0.2) is 0 Å². The molecule has 3 rings (SSSR count). The number of benzene rings is 2. The van der Waals surface area contributed by atoms with Crippen LogP contribution >= 0.6 is 0 Å². The zero-order chi connectivity index (χ0) is 18.8. The molecule has 130 valence electrons. The first kappa shape index (κ1) is 17.9. The quantitative estimate of drug-likeness (QED) is 0.663. The zero-order valence-corrected chi connectivity index (χ0v) is 16.2. The van der Waals surface area contributed by atoms with Crippen molar-refractivity contribution in [2.24, 2.45) is 0 Å². The van der Waals surface area contributed by atoms with Crippen LogP contribution < -0.4 is 4.74 Å². The zero-order valence-electron chi connectivity index (χ0n) is 14.5. The molecule has 0 aliphatic heterocycles. The molecule has 0 aliphatic rings. The summed E-state index contributed by atoms with van der Waals surface area (Å²) in [7, 11) is 1.63. The first-order chi connectivity index (χ1) is 12.4. The number of nitrogens with zero attached hydrogens (tertiary/aromatic N) is 2. The van der Waals surface area contributed by atoms with Crippen LogP contribution in [0.2, 0.25) is 0 Å². The fraction of sp³-hybridized carbons (Fsp3) is 0.150. The molecule has 0 aliphatic carbocycles. The first-order valence-corrected chi connectivity index (χ1v) is 9.56. The number of hydrogen-bond donors (Lipinski definition) is 1. The number of hydrogen-bond acceptors (Lipinski definition) is 4. The third-order valence-corrected chi connectivity index (χ3v) is 6.59. The molecule has 26 heavy (non-hydrogen) atoms. The molecular formula is C20H16N2O3Se. The summed E-state index contributed by atoms with van der Waals surface area (Å²) in [5.74, 6) is -0.123. The fourth-order valence-electron chi connectivity index (χ4n) is 2.79. The second kappa shape index (κ2) is 7.17. The van der Waals surface area contributed by atoms with E-state index in [1.54, 1.807) is 20.1 Å². The van der Waals surface area contributed by atoms with Gasteiger partial charge in [0.1, 0.15) is 0 Å². The number of aromatic nitrogens is 1. The number of carboxylic acids is 1. The summed E-state index contributed by atoms with van der Waals surface area (Å²) >= 11 is -0.360. The van der Waals surface area contributed by atoms with Gasteiger partial charge in [-0.3, -0.25) is 0 Å². The SMILES string of the molecule is COc1ccc(-c2ccc(-c3nc(C)c(C(=O)O)[se]3)cc2C#N)cc1C. The molecule has 1 aromatic heterocycles. The van der Waals surface area contributed by atoms with Crippen molar-refractivity contribution in [2.45, 2.75) is 13.8 Å². The Kier molecular flexibility index (Phi) is 4.94. The maximum absolute atomic E-state index is 11.3. The summed E-state index contributed by atoms with van der Waals surface area (Å²) in [6.07, 6.45) is 0. The summed E-state index contributed by atoms with van der Waals surface area (Å²) in [6.45, 7) is 3.66. The number of aryl methyl sites for hydroxylation is 2. The average molecular weight is 411 g/mol. The van der Waals surface area contributed by atoms with E-state index in [4.69, 9.17) is 4.74 Å². The van der Waals surface area contributed by atoms with Crippen LogP contribution in [-0.4, -0.2) is 37.7 Å². The molecule has 0 bridgehead atoms. The summed E-state index contributed by atoms with van der Waals surface area (Å²) in [6, 6.07) is 13.6. The molecule has 5 nitrogen and oxygen atoms in total. The van der Waals surface area contributed by atoms with E-state index in [2.05, 4.69) is 11.1 Å². The van der Waals surface area contributed by atoms with E-state index in [1.165, 1.54) is 0 Å². The van der Waals surface area contributed by atoms with E-state index in [0.717, 1.165) is 32.6 Å². The van der Waals surface area contributed by atoms with Gasteiger partial charge in [-0.2, -0.15) is 0 Å². The van der Waals surface area contributed by atoms with E-state index in [-0.39, 0.29) is 14.5 Å².